The summed E-state index contributed by atoms with van der Waals surface area (Å²) in [6.45, 7) is 0. The van der Waals surface area contributed by atoms with Gasteiger partial charge in [-0.3, -0.25) is 0 Å². The van der Waals surface area contributed by atoms with Gasteiger partial charge in [0, 0.05) is 37.2 Å². The number of benzene rings is 11. The second-order valence-electron chi connectivity index (χ2n) is 15.3. The van der Waals surface area contributed by atoms with Gasteiger partial charge in [-0.15, -0.1) is 11.3 Å². The van der Waals surface area contributed by atoms with E-state index in [0.717, 1.165) is 17.1 Å². The van der Waals surface area contributed by atoms with Crippen molar-refractivity contribution in [2.24, 2.45) is 0 Å². The Hall–Kier alpha value is -7.26. The molecular weight excluding hydrogens is 719 g/mol. The topological polar surface area (TPSA) is 3.24 Å². The van der Waals surface area contributed by atoms with Crippen LogP contribution < -0.4 is 4.90 Å². The van der Waals surface area contributed by atoms with E-state index in [1.807, 2.05) is 11.3 Å². The molecule has 2 heteroatoms. The molecule has 0 aliphatic heterocycles. The molecule has 0 fully saturated rings. The molecular formula is C56H35NS. The molecule has 12 aromatic rings. The van der Waals surface area contributed by atoms with Gasteiger partial charge in [-0.2, -0.15) is 0 Å². The first-order valence-electron chi connectivity index (χ1n) is 19.9. The second kappa shape index (κ2) is 13.2. The van der Waals surface area contributed by atoms with E-state index in [0.29, 0.717) is 0 Å². The van der Waals surface area contributed by atoms with Crippen molar-refractivity contribution in [2.45, 2.75) is 0 Å². The maximum absolute atomic E-state index is 2.43. The first-order chi connectivity index (χ1) is 28.7. The zero-order valence-electron chi connectivity index (χ0n) is 31.6. The van der Waals surface area contributed by atoms with Gasteiger partial charge in [-0.05, 0) is 131 Å². The summed E-state index contributed by atoms with van der Waals surface area (Å²) < 4.78 is 2.64. The standard InChI is InChI=1S/C56H35NS/c1-4-14-46-37(10-1)13-9-19-47(46)39-23-26-43(27-24-39)57(45-29-31-55-54(35-45)52-30-25-38-11-2-6-16-49(38)56(52)58-55)44-28-22-36-20-21-41(32-42(36)33-44)53-34-40-12-3-5-15-48(40)50-17-7-8-18-51(50)53/h1-35H. The van der Waals surface area contributed by atoms with Crippen LogP contribution in [0.25, 0.3) is 96.3 Å². The molecule has 0 unspecified atom stereocenters. The van der Waals surface area contributed by atoms with Gasteiger partial charge in [0.1, 0.15) is 0 Å². The third kappa shape index (κ3) is 5.30. The molecule has 0 aliphatic carbocycles. The van der Waals surface area contributed by atoms with Crippen LogP contribution in [0.3, 0.4) is 0 Å². The maximum Gasteiger partial charge on any atom is 0.0468 e. The molecule has 0 radical (unpaired) electrons. The molecule has 0 atom stereocenters. The number of nitrogens with zero attached hydrogens (tertiary/aromatic N) is 1. The fourth-order valence-electron chi connectivity index (χ4n) is 9.18. The molecule has 0 N–H and O–H groups in total. The third-order valence-electron chi connectivity index (χ3n) is 12.0. The van der Waals surface area contributed by atoms with Crippen molar-refractivity contribution in [1.29, 1.82) is 0 Å². The summed E-state index contributed by atoms with van der Waals surface area (Å²) >= 11 is 1.89. The normalized spacial score (nSPS) is 11.8. The Morgan fingerprint density at radius 1 is 0.276 bits per heavy atom. The minimum absolute atomic E-state index is 1.12. The van der Waals surface area contributed by atoms with Gasteiger partial charge >= 0.3 is 0 Å². The van der Waals surface area contributed by atoms with Gasteiger partial charge in [-0.25, -0.2) is 0 Å². The summed E-state index contributed by atoms with van der Waals surface area (Å²) in [7, 11) is 0. The van der Waals surface area contributed by atoms with Crippen molar-refractivity contribution in [3.63, 3.8) is 0 Å². The van der Waals surface area contributed by atoms with E-state index in [4.69, 9.17) is 0 Å². The highest BCUT2D eigenvalue weighted by Gasteiger charge is 2.18. The molecule has 0 amide bonds. The Morgan fingerprint density at radius 2 is 0.879 bits per heavy atom. The van der Waals surface area contributed by atoms with Crippen molar-refractivity contribution in [1.82, 2.24) is 0 Å². The number of thiophene rings is 1. The van der Waals surface area contributed by atoms with E-state index in [2.05, 4.69) is 217 Å². The highest BCUT2D eigenvalue weighted by Crippen LogP contribution is 2.44. The number of rotatable bonds is 5. The lowest BCUT2D eigenvalue weighted by molar-refractivity contribution is 1.30. The van der Waals surface area contributed by atoms with Crippen LogP contribution in [0, 0.1) is 0 Å². The average molecular weight is 754 g/mol. The lowest BCUT2D eigenvalue weighted by Crippen LogP contribution is -2.09. The van der Waals surface area contributed by atoms with Crippen LogP contribution in [0.15, 0.2) is 212 Å². The Morgan fingerprint density at radius 3 is 1.72 bits per heavy atom. The molecule has 1 aromatic heterocycles. The molecule has 0 spiro atoms. The Bertz CT molecular complexity index is 3570. The van der Waals surface area contributed by atoms with Crippen LogP contribution in [-0.4, -0.2) is 0 Å². The summed E-state index contributed by atoms with van der Waals surface area (Å²) in [5, 5.41) is 15.2. The first-order valence-corrected chi connectivity index (χ1v) is 20.7. The van der Waals surface area contributed by atoms with Crippen LogP contribution in [0.4, 0.5) is 17.1 Å². The maximum atomic E-state index is 2.43. The molecule has 12 rings (SSSR count). The van der Waals surface area contributed by atoms with E-state index in [1.165, 1.54) is 96.3 Å². The molecule has 0 saturated heterocycles. The minimum atomic E-state index is 1.12. The Labute approximate surface area is 340 Å². The SMILES string of the molecule is c1ccc2c(-c3ccc(N(c4ccc5ccc(-c6cc7ccccc7c7ccccc67)cc5c4)c4ccc5sc6c7ccccc7ccc6c5c4)cc3)cccc2c1. The lowest BCUT2D eigenvalue weighted by Gasteiger charge is -2.26. The first kappa shape index (κ1) is 32.9. The minimum Gasteiger partial charge on any atom is -0.310 e. The molecule has 0 aliphatic rings. The summed E-state index contributed by atoms with van der Waals surface area (Å²) in [6.07, 6.45) is 0. The molecule has 1 heterocycles. The average Bonchev–Trinajstić information content (AvgIpc) is 3.67. The fourth-order valence-corrected chi connectivity index (χ4v) is 10.4. The molecule has 0 bridgehead atoms. The van der Waals surface area contributed by atoms with Crippen LogP contribution in [-0.2, 0) is 0 Å². The molecule has 11 aromatic carbocycles. The van der Waals surface area contributed by atoms with Gasteiger partial charge in [0.25, 0.3) is 0 Å². The largest absolute Gasteiger partial charge is 0.310 e. The molecule has 58 heavy (non-hydrogen) atoms. The second-order valence-corrected chi connectivity index (χ2v) is 16.3. The van der Waals surface area contributed by atoms with Crippen LogP contribution in [0.5, 0.6) is 0 Å². The van der Waals surface area contributed by atoms with Crippen LogP contribution in [0.1, 0.15) is 0 Å². The van der Waals surface area contributed by atoms with Crippen molar-refractivity contribution in [3.8, 4) is 22.3 Å². The van der Waals surface area contributed by atoms with Crippen LogP contribution in [0.2, 0.25) is 0 Å². The van der Waals surface area contributed by atoms with Crippen molar-refractivity contribution in [2.75, 3.05) is 4.90 Å². The number of hydrogen-bond donors (Lipinski definition) is 0. The molecule has 1 nitrogen and oxygen atoms in total. The van der Waals surface area contributed by atoms with Gasteiger partial charge in [0.15, 0.2) is 0 Å². The quantitative estimate of drug-likeness (QED) is 0.158. The molecule has 270 valence electrons. The van der Waals surface area contributed by atoms with E-state index < -0.39 is 0 Å². The van der Waals surface area contributed by atoms with Gasteiger partial charge < -0.3 is 4.90 Å². The van der Waals surface area contributed by atoms with Crippen LogP contribution >= 0.6 is 11.3 Å². The zero-order valence-corrected chi connectivity index (χ0v) is 32.4. The number of hydrogen-bond acceptors (Lipinski definition) is 2. The predicted molar refractivity (Wildman–Crippen MR) is 252 cm³/mol. The zero-order chi connectivity index (χ0) is 38.2. The summed E-state index contributed by atoms with van der Waals surface area (Å²) in [4.78, 5) is 2.43. The number of fused-ring (bicyclic) bond motifs is 10. The van der Waals surface area contributed by atoms with E-state index >= 15 is 0 Å². The summed E-state index contributed by atoms with van der Waals surface area (Å²) in [5.74, 6) is 0. The molecule has 0 saturated carbocycles. The fraction of sp³-hybridized carbons (Fsp3) is 0. The Kier molecular flexibility index (Phi) is 7.47. The van der Waals surface area contributed by atoms with Gasteiger partial charge in [-0.1, -0.05) is 158 Å². The highest BCUT2D eigenvalue weighted by molar-refractivity contribution is 7.26. The van der Waals surface area contributed by atoms with Gasteiger partial charge in [0.05, 0.1) is 0 Å². The predicted octanol–water partition coefficient (Wildman–Crippen LogP) is 16.6. The number of anilines is 3. The Balaban J connectivity index is 1.04. The van der Waals surface area contributed by atoms with E-state index in [-0.39, 0.29) is 0 Å². The van der Waals surface area contributed by atoms with E-state index in [1.54, 1.807) is 0 Å². The highest BCUT2D eigenvalue weighted by atomic mass is 32.1. The van der Waals surface area contributed by atoms with Crippen molar-refractivity contribution >= 4 is 102 Å². The summed E-state index contributed by atoms with van der Waals surface area (Å²) in [5.41, 5.74) is 8.29. The smallest absolute Gasteiger partial charge is 0.0468 e. The van der Waals surface area contributed by atoms with Crippen molar-refractivity contribution < 1.29 is 0 Å². The van der Waals surface area contributed by atoms with Crippen molar-refractivity contribution in [3.05, 3.63) is 212 Å². The van der Waals surface area contributed by atoms with Gasteiger partial charge in [0.2, 0.25) is 0 Å². The monoisotopic (exact) mass is 753 g/mol. The lowest BCUT2D eigenvalue weighted by atomic mass is 9.92. The third-order valence-corrected chi connectivity index (χ3v) is 13.2. The summed E-state index contributed by atoms with van der Waals surface area (Å²) in [6, 6.07) is 78.4. The van der Waals surface area contributed by atoms with E-state index in [9.17, 15) is 0 Å².